The van der Waals surface area contributed by atoms with E-state index in [0.29, 0.717) is 17.4 Å². The zero-order valence-electron chi connectivity index (χ0n) is 9.99. The number of allylic oxidation sites excluding steroid dienone is 1. The third-order valence-corrected chi connectivity index (χ3v) is 1.98. The molecule has 0 rings (SSSR count). The van der Waals surface area contributed by atoms with Crippen molar-refractivity contribution in [3.63, 3.8) is 0 Å². The van der Waals surface area contributed by atoms with Crippen LogP contribution in [0.4, 0.5) is 0 Å². The van der Waals surface area contributed by atoms with Gasteiger partial charge >= 0.3 is 0 Å². The highest BCUT2D eigenvalue weighted by molar-refractivity contribution is 5.65. The summed E-state index contributed by atoms with van der Waals surface area (Å²) < 4.78 is 0.515. The number of aliphatic carboxylic acids is 1. The van der Waals surface area contributed by atoms with Crippen LogP contribution in [0.2, 0.25) is 0 Å². The summed E-state index contributed by atoms with van der Waals surface area (Å²) in [4.78, 5) is 10.6. The third-order valence-electron chi connectivity index (χ3n) is 1.98. The molecule has 0 aromatic heterocycles. The van der Waals surface area contributed by atoms with Crippen LogP contribution in [0.25, 0.3) is 0 Å². The Labute approximate surface area is 91.4 Å². The van der Waals surface area contributed by atoms with Gasteiger partial charge in [-0.3, -0.25) is 0 Å². The summed E-state index contributed by atoms with van der Waals surface area (Å²) in [7, 11) is 5.74. The molecular weight excluding hydrogens is 194 g/mol. The van der Waals surface area contributed by atoms with Crippen molar-refractivity contribution in [3.8, 4) is 0 Å². The molecule has 4 nitrogen and oxygen atoms in total. The molecule has 0 fully saturated rings. The normalized spacial score (nSPS) is 16.6. The predicted octanol–water partition coefficient (Wildman–Crippen LogP) is -0.470. The van der Waals surface area contributed by atoms with Crippen molar-refractivity contribution in [1.82, 2.24) is 0 Å². The largest absolute Gasteiger partial charge is 0.550 e. The SMILES string of the molecule is CC=CCC(O)(CC(=O)[O-])C[N+](C)(C)C. The van der Waals surface area contributed by atoms with Gasteiger partial charge in [0, 0.05) is 12.4 Å². The summed E-state index contributed by atoms with van der Waals surface area (Å²) in [6, 6.07) is 0. The van der Waals surface area contributed by atoms with E-state index in [2.05, 4.69) is 0 Å². The lowest BCUT2D eigenvalue weighted by Crippen LogP contribution is -2.51. The van der Waals surface area contributed by atoms with Gasteiger partial charge < -0.3 is 19.5 Å². The number of carbonyl (C=O) groups excluding carboxylic acids is 1. The number of nitrogens with zero attached hydrogens (tertiary/aromatic N) is 1. The zero-order chi connectivity index (χ0) is 12.1. The summed E-state index contributed by atoms with van der Waals surface area (Å²) in [5, 5.41) is 20.7. The first-order chi connectivity index (χ1) is 6.68. The quantitative estimate of drug-likeness (QED) is 0.481. The fourth-order valence-corrected chi connectivity index (χ4v) is 1.68. The second-order valence-corrected chi connectivity index (χ2v) is 4.99. The molecular formula is C11H21NO3. The predicted molar refractivity (Wildman–Crippen MR) is 56.9 cm³/mol. The second kappa shape index (κ2) is 5.28. The number of quaternary nitrogens is 1. The average molecular weight is 215 g/mol. The van der Waals surface area contributed by atoms with Crippen LogP contribution < -0.4 is 5.11 Å². The Morgan fingerprint density at radius 1 is 1.47 bits per heavy atom. The summed E-state index contributed by atoms with van der Waals surface area (Å²) in [5.41, 5.74) is -1.22. The van der Waals surface area contributed by atoms with Gasteiger partial charge in [-0.2, -0.15) is 0 Å². The van der Waals surface area contributed by atoms with Crippen molar-refractivity contribution in [1.29, 1.82) is 0 Å². The second-order valence-electron chi connectivity index (χ2n) is 4.99. The van der Waals surface area contributed by atoms with Crippen LogP contribution in [-0.2, 0) is 4.79 Å². The summed E-state index contributed by atoms with van der Waals surface area (Å²) >= 11 is 0. The number of aliphatic hydroxyl groups is 1. The molecule has 1 atom stereocenters. The molecule has 0 radical (unpaired) electrons. The Hall–Kier alpha value is -0.870. The van der Waals surface area contributed by atoms with Crippen LogP contribution >= 0.6 is 0 Å². The van der Waals surface area contributed by atoms with Gasteiger partial charge in [0.1, 0.15) is 12.1 Å². The average Bonchev–Trinajstić information content (AvgIpc) is 1.95. The molecule has 0 amide bonds. The van der Waals surface area contributed by atoms with Gasteiger partial charge in [-0.05, 0) is 13.3 Å². The lowest BCUT2D eigenvalue weighted by atomic mass is 9.94. The fraction of sp³-hybridized carbons (Fsp3) is 0.727. The van der Waals surface area contributed by atoms with E-state index >= 15 is 0 Å². The number of carbonyl (C=O) groups is 1. The molecule has 88 valence electrons. The van der Waals surface area contributed by atoms with Crippen LogP contribution in [0.15, 0.2) is 12.2 Å². The van der Waals surface area contributed by atoms with E-state index in [0.717, 1.165) is 0 Å². The summed E-state index contributed by atoms with van der Waals surface area (Å²) in [6.07, 6.45) is 3.59. The Bertz CT molecular complexity index is 243. The number of carboxylic acids is 1. The number of hydrogen-bond acceptors (Lipinski definition) is 3. The van der Waals surface area contributed by atoms with Crippen molar-refractivity contribution < 1.29 is 19.5 Å². The van der Waals surface area contributed by atoms with E-state index in [1.165, 1.54) is 0 Å². The van der Waals surface area contributed by atoms with Crippen LogP contribution in [0.5, 0.6) is 0 Å². The summed E-state index contributed by atoms with van der Waals surface area (Å²) in [6.45, 7) is 2.22. The highest BCUT2D eigenvalue weighted by Crippen LogP contribution is 2.19. The van der Waals surface area contributed by atoms with Crippen molar-refractivity contribution in [2.45, 2.75) is 25.4 Å². The molecule has 4 heteroatoms. The first-order valence-corrected chi connectivity index (χ1v) is 5.02. The number of carboxylic acid groups (broad SMARTS) is 1. The lowest BCUT2D eigenvalue weighted by molar-refractivity contribution is -0.877. The van der Waals surface area contributed by atoms with E-state index < -0.39 is 11.6 Å². The molecule has 1 unspecified atom stereocenters. The maximum atomic E-state index is 10.6. The zero-order valence-corrected chi connectivity index (χ0v) is 9.99. The number of likely N-dealkylation sites (N-methyl/N-ethyl adjacent to an activating group) is 1. The molecule has 0 aliphatic carbocycles. The van der Waals surface area contributed by atoms with Crippen molar-refractivity contribution in [3.05, 3.63) is 12.2 Å². The molecule has 0 aromatic carbocycles. The molecule has 0 spiro atoms. The molecule has 0 aliphatic heterocycles. The van der Waals surface area contributed by atoms with Crippen LogP contribution in [0.3, 0.4) is 0 Å². The Balaban J connectivity index is 4.61. The van der Waals surface area contributed by atoms with Crippen LogP contribution in [0, 0.1) is 0 Å². The molecule has 0 aliphatic rings. The molecule has 0 bridgehead atoms. The van der Waals surface area contributed by atoms with Crippen molar-refractivity contribution >= 4 is 5.97 Å². The Morgan fingerprint density at radius 3 is 2.33 bits per heavy atom. The lowest BCUT2D eigenvalue weighted by Gasteiger charge is -2.35. The molecule has 0 aromatic rings. The van der Waals surface area contributed by atoms with Crippen molar-refractivity contribution in [2.75, 3.05) is 27.7 Å². The number of rotatable bonds is 6. The van der Waals surface area contributed by atoms with Gasteiger partial charge in [0.25, 0.3) is 0 Å². The minimum Gasteiger partial charge on any atom is -0.550 e. The molecule has 0 saturated heterocycles. The highest BCUT2D eigenvalue weighted by Gasteiger charge is 2.32. The Morgan fingerprint density at radius 2 is 2.00 bits per heavy atom. The van der Waals surface area contributed by atoms with Gasteiger partial charge in [0.05, 0.1) is 21.1 Å². The monoisotopic (exact) mass is 215 g/mol. The van der Waals surface area contributed by atoms with Gasteiger partial charge in [-0.15, -0.1) is 0 Å². The van der Waals surface area contributed by atoms with Gasteiger partial charge in [-0.1, -0.05) is 12.2 Å². The van der Waals surface area contributed by atoms with Gasteiger partial charge in [-0.25, -0.2) is 0 Å². The molecule has 0 heterocycles. The molecule has 15 heavy (non-hydrogen) atoms. The number of hydrogen-bond donors (Lipinski definition) is 1. The van der Waals surface area contributed by atoms with Gasteiger partial charge in [0.15, 0.2) is 0 Å². The fourth-order valence-electron chi connectivity index (χ4n) is 1.68. The summed E-state index contributed by atoms with van der Waals surface area (Å²) in [5.74, 6) is -1.21. The van der Waals surface area contributed by atoms with E-state index in [9.17, 15) is 15.0 Å². The van der Waals surface area contributed by atoms with Gasteiger partial charge in [0.2, 0.25) is 0 Å². The minimum atomic E-state index is -1.22. The van der Waals surface area contributed by atoms with Crippen molar-refractivity contribution in [2.24, 2.45) is 0 Å². The maximum absolute atomic E-state index is 10.6. The first-order valence-electron chi connectivity index (χ1n) is 5.02. The van der Waals surface area contributed by atoms with Crippen LogP contribution in [0.1, 0.15) is 19.8 Å². The highest BCUT2D eigenvalue weighted by atomic mass is 16.4. The van der Waals surface area contributed by atoms with E-state index in [-0.39, 0.29) is 6.42 Å². The van der Waals surface area contributed by atoms with E-state index in [1.807, 2.05) is 28.1 Å². The molecule has 0 saturated carbocycles. The standard InChI is InChI=1S/C11H21NO3/c1-5-6-7-11(15,8-10(13)14)9-12(2,3)4/h5-6,15H,7-9H2,1-4H3. The van der Waals surface area contributed by atoms with E-state index in [1.54, 1.807) is 12.2 Å². The van der Waals surface area contributed by atoms with E-state index in [4.69, 9.17) is 0 Å². The maximum Gasteiger partial charge on any atom is 0.122 e. The molecule has 1 N–H and O–H groups in total. The smallest absolute Gasteiger partial charge is 0.122 e. The minimum absolute atomic E-state index is 0.327. The first kappa shape index (κ1) is 14.1. The topological polar surface area (TPSA) is 60.4 Å². The Kier molecular flexibility index (Phi) is 4.97. The third kappa shape index (κ3) is 7.11. The van der Waals surface area contributed by atoms with Crippen LogP contribution in [-0.4, -0.2) is 48.8 Å².